The van der Waals surface area contributed by atoms with E-state index in [1.807, 2.05) is 0 Å². The molecule has 0 aromatic heterocycles. The van der Waals surface area contributed by atoms with Gasteiger partial charge in [-0.15, -0.1) is 0 Å². The van der Waals surface area contributed by atoms with Crippen LogP contribution in [0.1, 0.15) is 89.5 Å². The summed E-state index contributed by atoms with van der Waals surface area (Å²) >= 11 is 0. The number of unbranched alkanes of at least 4 members (excludes halogenated alkanes) is 2. The molecule has 0 radical (unpaired) electrons. The quantitative estimate of drug-likeness (QED) is 0.176. The third-order valence-electron chi connectivity index (χ3n) is 8.90. The summed E-state index contributed by atoms with van der Waals surface area (Å²) in [6.07, 6.45) is -8.13. The predicted octanol–water partition coefficient (Wildman–Crippen LogP) is 11.5. The highest BCUT2D eigenvalue weighted by Crippen LogP contribution is 2.45. The zero-order chi connectivity index (χ0) is 33.2. The van der Waals surface area contributed by atoms with Crippen LogP contribution in [0, 0.1) is 41.0 Å². The summed E-state index contributed by atoms with van der Waals surface area (Å²) in [6, 6.07) is 0.777. The Morgan fingerprint density at radius 3 is 1.67 bits per heavy atom. The highest BCUT2D eigenvalue weighted by molar-refractivity contribution is 5.66. The summed E-state index contributed by atoms with van der Waals surface area (Å²) < 4.78 is 165. The van der Waals surface area contributed by atoms with E-state index in [1.54, 1.807) is 0 Å². The lowest BCUT2D eigenvalue weighted by atomic mass is 9.79. The van der Waals surface area contributed by atoms with Crippen molar-refractivity contribution in [2.75, 3.05) is 0 Å². The van der Waals surface area contributed by atoms with E-state index >= 15 is 0 Å². The molecule has 0 atom stereocenters. The van der Waals surface area contributed by atoms with Crippen LogP contribution in [-0.4, -0.2) is 18.3 Å². The lowest BCUT2D eigenvalue weighted by molar-refractivity contribution is -0.306. The Kier molecular flexibility index (Phi) is 11.0. The number of alkyl halides is 7. The monoisotopic (exact) mass is 660 g/mol. The molecule has 2 fully saturated rings. The highest BCUT2D eigenvalue weighted by atomic mass is 19.4. The fraction of sp³-hybridized carbons (Fsp3) is 0.625. The summed E-state index contributed by atoms with van der Waals surface area (Å²) in [5.41, 5.74) is -4.34. The van der Waals surface area contributed by atoms with E-state index in [4.69, 9.17) is 4.74 Å². The first kappa shape index (κ1) is 35.3. The number of hydrogen-bond acceptors (Lipinski definition) is 2. The molecule has 0 saturated heterocycles. The average Bonchev–Trinajstić information content (AvgIpc) is 2.92. The van der Waals surface area contributed by atoms with Crippen molar-refractivity contribution in [3.8, 4) is 16.9 Å². The summed E-state index contributed by atoms with van der Waals surface area (Å²) in [5, 5.41) is 0. The van der Waals surface area contributed by atoms with Crippen LogP contribution >= 0.6 is 0 Å². The fourth-order valence-corrected chi connectivity index (χ4v) is 6.42. The third kappa shape index (κ3) is 8.62. The number of hydrogen-bond donors (Lipinski definition) is 0. The summed E-state index contributed by atoms with van der Waals surface area (Å²) in [6.45, 7) is 2.10. The van der Waals surface area contributed by atoms with E-state index in [0.29, 0.717) is 43.7 Å². The van der Waals surface area contributed by atoms with E-state index in [2.05, 4.69) is 11.7 Å². The van der Waals surface area contributed by atoms with E-state index < -0.39 is 82.0 Å². The predicted molar refractivity (Wildman–Crippen MR) is 144 cm³/mol. The Hall–Kier alpha value is -2.57. The SMILES string of the molecule is CCCCCC1CCC(C(F)(F)OC2CCC(C(F)(F)Oc3cc(F)c(-c4cc(F)c(C(F)(F)F)c(F)c4)c(F)c3)CC2)CC1. The first-order valence-electron chi connectivity index (χ1n) is 15.2. The Bertz CT molecular complexity index is 1250. The molecule has 2 aromatic rings. The Morgan fingerprint density at radius 1 is 0.644 bits per heavy atom. The van der Waals surface area contributed by atoms with Crippen molar-refractivity contribution in [2.24, 2.45) is 17.8 Å². The zero-order valence-corrected chi connectivity index (χ0v) is 24.6. The van der Waals surface area contributed by atoms with Crippen LogP contribution in [0.4, 0.5) is 48.3 Å². The smallest absolute Gasteiger partial charge is 0.422 e. The van der Waals surface area contributed by atoms with Crippen molar-refractivity contribution in [1.29, 1.82) is 0 Å². The molecule has 13 heteroatoms. The first-order chi connectivity index (χ1) is 21.0. The molecule has 0 amide bonds. The minimum atomic E-state index is -5.41. The van der Waals surface area contributed by atoms with Gasteiger partial charge < -0.3 is 9.47 Å². The molecule has 0 N–H and O–H groups in total. The van der Waals surface area contributed by atoms with Gasteiger partial charge in [0.2, 0.25) is 0 Å². The van der Waals surface area contributed by atoms with Gasteiger partial charge >= 0.3 is 18.4 Å². The molecule has 0 unspecified atom stereocenters. The molecule has 0 spiro atoms. The lowest BCUT2D eigenvalue weighted by Gasteiger charge is -2.38. The minimum Gasteiger partial charge on any atom is -0.432 e. The van der Waals surface area contributed by atoms with Gasteiger partial charge in [0.05, 0.1) is 23.5 Å². The molecule has 2 nitrogen and oxygen atoms in total. The molecule has 252 valence electrons. The van der Waals surface area contributed by atoms with Gasteiger partial charge in [0.15, 0.2) is 0 Å². The van der Waals surface area contributed by atoms with Crippen molar-refractivity contribution >= 4 is 0 Å². The molecule has 0 aliphatic heterocycles. The molecule has 2 aromatic carbocycles. The van der Waals surface area contributed by atoms with Gasteiger partial charge in [0, 0.05) is 12.1 Å². The van der Waals surface area contributed by atoms with Crippen LogP contribution in [0.3, 0.4) is 0 Å². The molecular weight excluding hydrogens is 625 g/mol. The van der Waals surface area contributed by atoms with E-state index in [9.17, 15) is 48.3 Å². The molecule has 0 bridgehead atoms. The van der Waals surface area contributed by atoms with Crippen LogP contribution in [0.15, 0.2) is 24.3 Å². The largest absolute Gasteiger partial charge is 0.432 e. The number of ether oxygens (including phenoxy) is 2. The highest BCUT2D eigenvalue weighted by Gasteiger charge is 2.48. The second kappa shape index (κ2) is 14.0. The Balaban J connectivity index is 1.34. The zero-order valence-electron chi connectivity index (χ0n) is 24.6. The number of rotatable bonds is 11. The molecule has 2 aliphatic carbocycles. The summed E-state index contributed by atoms with van der Waals surface area (Å²) in [5.74, 6) is -10.5. The summed E-state index contributed by atoms with van der Waals surface area (Å²) in [7, 11) is 0. The maximum absolute atomic E-state index is 15.0. The van der Waals surface area contributed by atoms with Crippen molar-refractivity contribution in [3.63, 3.8) is 0 Å². The second-order valence-corrected chi connectivity index (χ2v) is 12.1. The van der Waals surface area contributed by atoms with Crippen molar-refractivity contribution in [2.45, 2.75) is 108 Å². The third-order valence-corrected chi connectivity index (χ3v) is 8.90. The number of halogens is 11. The fourth-order valence-electron chi connectivity index (χ4n) is 6.42. The van der Waals surface area contributed by atoms with Gasteiger partial charge in [-0.05, 0) is 75.0 Å². The molecular formula is C32H35F11O2. The van der Waals surface area contributed by atoms with Crippen LogP contribution in [-0.2, 0) is 10.9 Å². The van der Waals surface area contributed by atoms with E-state index in [0.717, 1.165) is 25.7 Å². The van der Waals surface area contributed by atoms with Gasteiger partial charge in [-0.2, -0.15) is 30.7 Å². The van der Waals surface area contributed by atoms with Crippen molar-refractivity contribution in [3.05, 3.63) is 53.1 Å². The van der Waals surface area contributed by atoms with Gasteiger partial charge in [-0.1, -0.05) is 32.6 Å². The number of benzene rings is 2. The standard InChI is InChI=1S/C32H35F11O2/c1-2-3-4-5-18-6-8-20(9-7-18)31(40,41)44-22-12-10-21(11-13-22)32(42,43)45-23-16-24(33)28(25(34)17-23)19-14-26(35)29(27(36)15-19)30(37,38)39/h14-18,20-22H,2-13H2,1H3. The topological polar surface area (TPSA) is 18.5 Å². The first-order valence-corrected chi connectivity index (χ1v) is 15.2. The Morgan fingerprint density at radius 2 is 1.16 bits per heavy atom. The molecule has 45 heavy (non-hydrogen) atoms. The van der Waals surface area contributed by atoms with Gasteiger partial charge in [0.25, 0.3) is 0 Å². The van der Waals surface area contributed by atoms with Crippen molar-refractivity contribution in [1.82, 2.24) is 0 Å². The maximum Gasteiger partial charge on any atom is 0.422 e. The van der Waals surface area contributed by atoms with Crippen LogP contribution < -0.4 is 4.74 Å². The lowest BCUT2D eigenvalue weighted by Crippen LogP contribution is -2.42. The van der Waals surface area contributed by atoms with E-state index in [1.165, 1.54) is 0 Å². The molecule has 0 heterocycles. The van der Waals surface area contributed by atoms with Crippen LogP contribution in [0.2, 0.25) is 0 Å². The molecule has 4 rings (SSSR count). The van der Waals surface area contributed by atoms with Gasteiger partial charge in [-0.3, -0.25) is 0 Å². The maximum atomic E-state index is 15.0. The summed E-state index contributed by atoms with van der Waals surface area (Å²) in [4.78, 5) is 0. The average molecular weight is 661 g/mol. The second-order valence-electron chi connectivity index (χ2n) is 12.1. The molecule has 2 saturated carbocycles. The van der Waals surface area contributed by atoms with Gasteiger partial charge in [-0.25, -0.2) is 17.6 Å². The van der Waals surface area contributed by atoms with E-state index in [-0.39, 0.29) is 37.8 Å². The van der Waals surface area contributed by atoms with Crippen molar-refractivity contribution < 1.29 is 57.8 Å². The van der Waals surface area contributed by atoms with Crippen LogP contribution in [0.5, 0.6) is 5.75 Å². The normalized spacial score (nSPS) is 23.3. The minimum absolute atomic E-state index is 0.0756. The van der Waals surface area contributed by atoms with Crippen LogP contribution in [0.25, 0.3) is 11.1 Å². The molecule has 2 aliphatic rings. The van der Waals surface area contributed by atoms with Gasteiger partial charge in [0.1, 0.15) is 34.6 Å². The Labute approximate surface area is 254 Å².